The maximum atomic E-state index is 10.9. The molecule has 0 aliphatic heterocycles. The summed E-state index contributed by atoms with van der Waals surface area (Å²) >= 11 is 0. The second-order valence-corrected chi connectivity index (χ2v) is 1.93. The van der Waals surface area contributed by atoms with Crippen molar-refractivity contribution in [3.8, 4) is 0 Å². The fourth-order valence-electron chi connectivity index (χ4n) is 0.699. The van der Waals surface area contributed by atoms with Crippen LogP contribution in [0.2, 0.25) is 0 Å². The van der Waals surface area contributed by atoms with Gasteiger partial charge in [0, 0.05) is 5.69 Å². The van der Waals surface area contributed by atoms with Crippen molar-refractivity contribution in [1.29, 1.82) is 0 Å². The highest BCUT2D eigenvalue weighted by Gasteiger charge is 1.89. The molecule has 0 saturated carbocycles. The molecule has 11 heavy (non-hydrogen) atoms. The monoisotopic (exact) mass is 153 g/mol. The normalized spacial score (nSPS) is 9.64. The number of para-hydroxylation sites is 1. The lowest BCUT2D eigenvalue weighted by atomic mass is 10.3. The number of rotatable bonds is 3. The Morgan fingerprint density at radius 3 is 2.55 bits per heavy atom. The number of nitrogens with zero attached hydrogens (tertiary/aromatic N) is 1. The van der Waals surface area contributed by atoms with Gasteiger partial charge in [-0.15, -0.1) is 5.59 Å². The highest BCUT2D eigenvalue weighted by Crippen LogP contribution is 2.08. The number of hydrogen-bond acceptors (Lipinski definition) is 4. The summed E-state index contributed by atoms with van der Waals surface area (Å²) in [6.07, 6.45) is 0. The third kappa shape index (κ3) is 2.19. The molecule has 0 amide bonds. The molecule has 0 unspecified atom stereocenters. The van der Waals surface area contributed by atoms with E-state index in [1.165, 1.54) is 7.11 Å². The first-order valence-corrected chi connectivity index (χ1v) is 3.15. The number of hydrazine groups is 1. The van der Waals surface area contributed by atoms with Gasteiger partial charge in [-0.3, -0.25) is 4.84 Å². The van der Waals surface area contributed by atoms with Crippen LogP contribution in [-0.2, 0) is 4.84 Å². The van der Waals surface area contributed by atoms with Crippen molar-refractivity contribution in [2.75, 3.05) is 12.3 Å². The molecule has 0 saturated heterocycles. The highest BCUT2D eigenvalue weighted by molar-refractivity contribution is 5.44. The van der Waals surface area contributed by atoms with Crippen LogP contribution in [0.4, 0.5) is 5.69 Å². The van der Waals surface area contributed by atoms with Gasteiger partial charge in [0.05, 0.1) is 7.11 Å². The zero-order valence-electron chi connectivity index (χ0n) is 6.15. The molecule has 1 rings (SSSR count). The van der Waals surface area contributed by atoms with Gasteiger partial charge in [0.1, 0.15) is 0 Å². The molecule has 0 radical (unpaired) electrons. The fraction of sp³-hybridized carbons (Fsp3) is 0.143. The van der Waals surface area contributed by atoms with Gasteiger partial charge in [0.15, 0.2) is 0 Å². The summed E-state index contributed by atoms with van der Waals surface area (Å²) in [6.45, 7) is 0. The van der Waals surface area contributed by atoms with Crippen molar-refractivity contribution in [2.45, 2.75) is 0 Å². The van der Waals surface area contributed by atoms with Crippen molar-refractivity contribution < 1.29 is 4.84 Å². The maximum Gasteiger partial charge on any atom is 0.0593 e. The molecule has 0 heterocycles. The summed E-state index contributed by atoms with van der Waals surface area (Å²) in [4.78, 5) is 4.42. The maximum absolute atomic E-state index is 10.9. The van der Waals surface area contributed by atoms with Crippen LogP contribution in [0.5, 0.6) is 0 Å². The van der Waals surface area contributed by atoms with Crippen molar-refractivity contribution in [3.63, 3.8) is 0 Å². The van der Waals surface area contributed by atoms with Gasteiger partial charge < -0.3 is 10.4 Å². The van der Waals surface area contributed by atoms with E-state index in [9.17, 15) is 5.21 Å². The first-order valence-electron chi connectivity index (χ1n) is 3.15. The summed E-state index contributed by atoms with van der Waals surface area (Å²) in [7, 11) is 1.38. The van der Waals surface area contributed by atoms with Crippen LogP contribution in [-0.4, -0.2) is 7.11 Å². The van der Waals surface area contributed by atoms with Crippen LogP contribution < -0.4 is 10.8 Å². The smallest absolute Gasteiger partial charge is 0.0593 e. The third-order valence-corrected chi connectivity index (χ3v) is 1.16. The van der Waals surface area contributed by atoms with E-state index in [0.717, 1.165) is 0 Å². The van der Waals surface area contributed by atoms with Crippen molar-refractivity contribution in [3.05, 3.63) is 35.5 Å². The van der Waals surface area contributed by atoms with Crippen LogP contribution >= 0.6 is 0 Å². The predicted octanol–water partition coefficient (Wildman–Crippen LogP) is 1.06. The quantitative estimate of drug-likeness (QED) is 0.659. The van der Waals surface area contributed by atoms with E-state index in [2.05, 4.69) is 10.4 Å². The molecule has 1 N–H and O–H groups in total. The largest absolute Gasteiger partial charge is 0.742 e. The van der Waals surface area contributed by atoms with Crippen molar-refractivity contribution >= 4 is 5.69 Å². The van der Waals surface area contributed by atoms with Gasteiger partial charge in [0.2, 0.25) is 0 Å². The minimum absolute atomic E-state index is 0.509. The molecule has 1 aromatic rings. The van der Waals surface area contributed by atoms with E-state index >= 15 is 0 Å². The Bertz CT molecular complexity index is 203. The van der Waals surface area contributed by atoms with Crippen LogP contribution in [0.1, 0.15) is 0 Å². The summed E-state index contributed by atoms with van der Waals surface area (Å²) in [5.74, 6) is 0. The SMILES string of the molecule is CONN([O-])c1ccccc1. The van der Waals surface area contributed by atoms with Crippen LogP contribution in [0.15, 0.2) is 30.3 Å². The molecule has 4 heteroatoms. The Hall–Kier alpha value is -1.10. The highest BCUT2D eigenvalue weighted by atomic mass is 16.7. The second kappa shape index (κ2) is 3.92. The molecule has 0 fully saturated rings. The lowest BCUT2D eigenvalue weighted by Gasteiger charge is -2.28. The van der Waals surface area contributed by atoms with Crippen molar-refractivity contribution in [2.24, 2.45) is 0 Å². The number of hydrogen-bond donors (Lipinski definition) is 1. The molecule has 0 aromatic heterocycles. The fourth-order valence-corrected chi connectivity index (χ4v) is 0.699. The molecule has 0 aliphatic carbocycles. The van der Waals surface area contributed by atoms with Crippen molar-refractivity contribution in [1.82, 2.24) is 5.59 Å². The van der Waals surface area contributed by atoms with Gasteiger partial charge in [-0.1, -0.05) is 18.2 Å². The van der Waals surface area contributed by atoms with E-state index < -0.39 is 0 Å². The Labute approximate surface area is 64.9 Å². The molecule has 0 atom stereocenters. The topological polar surface area (TPSA) is 47.6 Å². The van der Waals surface area contributed by atoms with Gasteiger partial charge in [0.25, 0.3) is 0 Å². The number of benzene rings is 1. The first-order chi connectivity index (χ1) is 5.34. The molecule has 60 valence electrons. The molecular weight excluding hydrogens is 144 g/mol. The Kier molecular flexibility index (Phi) is 2.85. The van der Waals surface area contributed by atoms with E-state index in [1.807, 2.05) is 6.07 Å². The number of nitrogens with one attached hydrogen (secondary N) is 1. The average molecular weight is 153 g/mol. The van der Waals surface area contributed by atoms with E-state index in [-0.39, 0.29) is 0 Å². The third-order valence-electron chi connectivity index (χ3n) is 1.16. The molecule has 4 nitrogen and oxygen atoms in total. The second-order valence-electron chi connectivity index (χ2n) is 1.93. The molecule has 0 aliphatic rings. The Morgan fingerprint density at radius 2 is 2.00 bits per heavy atom. The zero-order chi connectivity index (χ0) is 8.10. The standard InChI is InChI=1S/C7H9N2O2/c1-11-8-9(10)7-5-3-2-4-6-7/h2-6,8H,1H3/q-1. The van der Waals surface area contributed by atoms with Gasteiger partial charge in [-0.25, -0.2) is 0 Å². The average Bonchev–Trinajstić information content (AvgIpc) is 2.07. The lowest BCUT2D eigenvalue weighted by Crippen LogP contribution is -2.31. The minimum atomic E-state index is 0.509. The van der Waals surface area contributed by atoms with E-state index in [0.29, 0.717) is 10.9 Å². The van der Waals surface area contributed by atoms with Gasteiger partial charge >= 0.3 is 0 Å². The van der Waals surface area contributed by atoms with Gasteiger partial charge in [-0.05, 0) is 12.1 Å². The predicted molar refractivity (Wildman–Crippen MR) is 42.4 cm³/mol. The summed E-state index contributed by atoms with van der Waals surface area (Å²) < 4.78 is 0. The van der Waals surface area contributed by atoms with Crippen LogP contribution in [0.3, 0.4) is 0 Å². The van der Waals surface area contributed by atoms with Crippen LogP contribution in [0.25, 0.3) is 0 Å². The van der Waals surface area contributed by atoms with E-state index in [4.69, 9.17) is 0 Å². The van der Waals surface area contributed by atoms with Crippen LogP contribution in [0, 0.1) is 5.21 Å². The molecule has 0 bridgehead atoms. The first kappa shape index (κ1) is 8.00. The molecule has 0 spiro atoms. The summed E-state index contributed by atoms with van der Waals surface area (Å²) in [5, 5.41) is 11.5. The van der Waals surface area contributed by atoms with Gasteiger partial charge in [-0.2, -0.15) is 0 Å². The molecule has 1 aromatic carbocycles. The zero-order valence-corrected chi connectivity index (χ0v) is 6.15. The number of anilines is 1. The lowest BCUT2D eigenvalue weighted by molar-refractivity contribution is 0.0909. The summed E-state index contributed by atoms with van der Waals surface area (Å²) in [6, 6.07) is 8.75. The Balaban J connectivity index is 2.61. The Morgan fingerprint density at radius 1 is 1.36 bits per heavy atom. The molecular formula is C7H9N2O2-. The van der Waals surface area contributed by atoms with E-state index in [1.54, 1.807) is 24.3 Å². The summed E-state index contributed by atoms with van der Waals surface area (Å²) in [5.41, 5.74) is 2.65. The minimum Gasteiger partial charge on any atom is -0.742 e.